The minimum atomic E-state index is -0.219. The van der Waals surface area contributed by atoms with Gasteiger partial charge in [-0.05, 0) is 0 Å². The van der Waals surface area contributed by atoms with E-state index < -0.39 is 0 Å². The van der Waals surface area contributed by atoms with E-state index in [1.54, 1.807) is 6.33 Å². The Morgan fingerprint density at radius 2 is 2.33 bits per heavy atom. The van der Waals surface area contributed by atoms with Gasteiger partial charge in [0.05, 0.1) is 19.5 Å². The monoisotopic (exact) mass is 268 g/mol. The molecule has 0 radical (unpaired) electrons. The molecule has 3 rings (SSSR count). The number of hydrogen-bond donors (Lipinski definition) is 3. The van der Waals surface area contributed by atoms with Crippen molar-refractivity contribution in [2.75, 3.05) is 24.7 Å². The molecule has 96 valence electrons. The highest BCUT2D eigenvalue weighted by Gasteiger charge is 2.28. The summed E-state index contributed by atoms with van der Waals surface area (Å²) >= 11 is 1.50. The number of nitrogens with zero attached hydrogens (tertiary/aromatic N) is 4. The maximum Gasteiger partial charge on any atom is 0.224 e. The van der Waals surface area contributed by atoms with Crippen molar-refractivity contribution in [2.24, 2.45) is 0 Å². The summed E-state index contributed by atoms with van der Waals surface area (Å²) in [6.07, 6.45) is 1.63. The molecule has 2 aromatic rings. The lowest BCUT2D eigenvalue weighted by Gasteiger charge is -2.10. The molecule has 9 heteroatoms. The van der Waals surface area contributed by atoms with Crippen molar-refractivity contribution in [1.29, 1.82) is 0 Å². The third kappa shape index (κ3) is 1.76. The van der Waals surface area contributed by atoms with Gasteiger partial charge in [0, 0.05) is 0 Å². The summed E-state index contributed by atoms with van der Waals surface area (Å²) in [7, 11) is 0. The molecule has 1 aliphatic heterocycles. The zero-order valence-electron chi connectivity index (χ0n) is 9.35. The van der Waals surface area contributed by atoms with E-state index in [1.165, 1.54) is 11.8 Å². The molecule has 0 aromatic carbocycles. The minimum absolute atomic E-state index is 0.000787. The minimum Gasteiger partial charge on any atom is -0.393 e. The molecule has 3 heterocycles. The molecule has 8 nitrogen and oxygen atoms in total. The van der Waals surface area contributed by atoms with Gasteiger partial charge in [-0.15, -0.1) is 11.8 Å². The second kappa shape index (κ2) is 4.26. The lowest BCUT2D eigenvalue weighted by molar-refractivity contribution is 0.0810. The van der Waals surface area contributed by atoms with Crippen molar-refractivity contribution in [3.8, 4) is 0 Å². The Kier molecular flexibility index (Phi) is 2.73. The average Bonchev–Trinajstić information content (AvgIpc) is 2.93. The molecular formula is C9H12N6O2S. The van der Waals surface area contributed by atoms with E-state index in [2.05, 4.69) is 15.0 Å². The van der Waals surface area contributed by atoms with Gasteiger partial charge in [-0.3, -0.25) is 4.57 Å². The van der Waals surface area contributed by atoms with E-state index in [4.69, 9.17) is 21.3 Å². The van der Waals surface area contributed by atoms with Crippen molar-refractivity contribution in [3.05, 3.63) is 6.33 Å². The van der Waals surface area contributed by atoms with E-state index in [0.29, 0.717) is 17.8 Å². The Hall–Kier alpha value is -1.58. The molecule has 0 amide bonds. The molecule has 0 aliphatic carbocycles. The first-order valence-corrected chi connectivity index (χ1v) is 6.26. The van der Waals surface area contributed by atoms with Crippen molar-refractivity contribution in [2.45, 2.75) is 10.8 Å². The number of ether oxygens (including phenoxy) is 1. The molecular weight excluding hydrogens is 256 g/mol. The molecule has 0 unspecified atom stereocenters. The maximum atomic E-state index is 9.05. The van der Waals surface area contributed by atoms with Crippen LogP contribution in [0.1, 0.15) is 5.37 Å². The smallest absolute Gasteiger partial charge is 0.224 e. The van der Waals surface area contributed by atoms with Crippen molar-refractivity contribution in [1.82, 2.24) is 19.5 Å². The van der Waals surface area contributed by atoms with Gasteiger partial charge in [0.15, 0.2) is 11.5 Å². The van der Waals surface area contributed by atoms with E-state index in [-0.39, 0.29) is 29.2 Å². The third-order valence-electron chi connectivity index (χ3n) is 2.66. The van der Waals surface area contributed by atoms with Crippen LogP contribution in [-0.2, 0) is 4.74 Å². The van der Waals surface area contributed by atoms with E-state index in [9.17, 15) is 0 Å². The molecule has 18 heavy (non-hydrogen) atoms. The molecule has 1 fully saturated rings. The van der Waals surface area contributed by atoms with Gasteiger partial charge in [0.25, 0.3) is 0 Å². The number of aromatic nitrogens is 4. The molecule has 2 aromatic heterocycles. The number of imidazole rings is 1. The van der Waals surface area contributed by atoms with Crippen molar-refractivity contribution >= 4 is 34.7 Å². The van der Waals surface area contributed by atoms with Crippen LogP contribution >= 0.6 is 11.8 Å². The Balaban J connectivity index is 2.03. The molecule has 0 bridgehead atoms. The highest BCUT2D eigenvalue weighted by Crippen LogP contribution is 2.37. The number of aliphatic hydroxyl groups is 1. The van der Waals surface area contributed by atoms with Crippen LogP contribution in [0.2, 0.25) is 0 Å². The second-order valence-corrected chi connectivity index (χ2v) is 5.17. The lowest BCUT2D eigenvalue weighted by atomic mass is 10.5. The SMILES string of the molecule is Nc1nc(N)c2ncn([C@H]3CO[C@H](CO)S3)c2n1. The molecule has 0 saturated carbocycles. The molecule has 5 N–H and O–H groups in total. The first kappa shape index (κ1) is 11.5. The second-order valence-electron chi connectivity index (χ2n) is 3.83. The van der Waals surface area contributed by atoms with Gasteiger partial charge in [0.2, 0.25) is 5.95 Å². The largest absolute Gasteiger partial charge is 0.393 e. The summed E-state index contributed by atoms with van der Waals surface area (Å²) in [4.78, 5) is 12.2. The Labute approximate surface area is 106 Å². The average molecular weight is 268 g/mol. The highest BCUT2D eigenvalue weighted by atomic mass is 32.2. The summed E-state index contributed by atoms with van der Waals surface area (Å²) in [5, 5.41) is 9.05. The number of thioether (sulfide) groups is 1. The standard InChI is InChI=1S/C9H12N6O2S/c10-7-6-8(14-9(11)13-7)15(3-12-6)4-2-17-5(1-16)18-4/h3-5,16H,1-2H2,(H4,10,11,13,14)/t4-,5+/m1/s1. The number of nitrogen functional groups attached to an aromatic ring is 2. The molecule has 1 aliphatic rings. The number of anilines is 2. The van der Waals surface area contributed by atoms with E-state index in [1.807, 2.05) is 4.57 Å². The van der Waals surface area contributed by atoms with Crippen LogP contribution in [0.4, 0.5) is 11.8 Å². The topological polar surface area (TPSA) is 125 Å². The zero-order valence-corrected chi connectivity index (χ0v) is 10.2. The van der Waals surface area contributed by atoms with Crippen LogP contribution < -0.4 is 11.5 Å². The van der Waals surface area contributed by atoms with Gasteiger partial charge in [0.1, 0.15) is 16.3 Å². The van der Waals surface area contributed by atoms with Gasteiger partial charge < -0.3 is 21.3 Å². The molecule has 2 atom stereocenters. The normalized spacial score (nSPS) is 23.8. The summed E-state index contributed by atoms with van der Waals surface area (Å²) < 4.78 is 7.24. The Morgan fingerprint density at radius 3 is 3.06 bits per heavy atom. The third-order valence-corrected chi connectivity index (χ3v) is 3.92. The fourth-order valence-corrected chi connectivity index (χ4v) is 2.89. The fourth-order valence-electron chi connectivity index (χ4n) is 1.85. The number of fused-ring (bicyclic) bond motifs is 1. The lowest BCUT2D eigenvalue weighted by Crippen LogP contribution is -2.07. The number of aliphatic hydroxyl groups excluding tert-OH is 1. The predicted octanol–water partition coefficient (Wildman–Crippen LogP) is -0.429. The van der Waals surface area contributed by atoms with Crippen molar-refractivity contribution in [3.63, 3.8) is 0 Å². The summed E-state index contributed by atoms with van der Waals surface area (Å²) in [6, 6.07) is 0. The van der Waals surface area contributed by atoms with Gasteiger partial charge in [-0.2, -0.15) is 9.97 Å². The Bertz CT molecular complexity index is 588. The van der Waals surface area contributed by atoms with Gasteiger partial charge in [-0.1, -0.05) is 0 Å². The maximum absolute atomic E-state index is 9.05. The van der Waals surface area contributed by atoms with Crippen molar-refractivity contribution < 1.29 is 9.84 Å². The van der Waals surface area contributed by atoms with Crippen LogP contribution in [0.5, 0.6) is 0 Å². The molecule has 0 spiro atoms. The van der Waals surface area contributed by atoms with E-state index in [0.717, 1.165) is 0 Å². The zero-order chi connectivity index (χ0) is 12.7. The van der Waals surface area contributed by atoms with Gasteiger partial charge >= 0.3 is 0 Å². The van der Waals surface area contributed by atoms with E-state index >= 15 is 0 Å². The quantitative estimate of drug-likeness (QED) is 0.670. The predicted molar refractivity (Wildman–Crippen MR) is 67.6 cm³/mol. The van der Waals surface area contributed by atoms with Crippen LogP contribution in [-0.4, -0.2) is 43.3 Å². The van der Waals surface area contributed by atoms with Crippen LogP contribution in [0.3, 0.4) is 0 Å². The van der Waals surface area contributed by atoms with Crippen LogP contribution in [0.25, 0.3) is 11.2 Å². The Morgan fingerprint density at radius 1 is 1.50 bits per heavy atom. The summed E-state index contributed by atoms with van der Waals surface area (Å²) in [5.74, 6) is 0.378. The fraction of sp³-hybridized carbons (Fsp3) is 0.444. The number of nitrogens with two attached hydrogens (primary N) is 2. The van der Waals surface area contributed by atoms with Crippen LogP contribution in [0, 0.1) is 0 Å². The number of rotatable bonds is 2. The summed E-state index contributed by atoms with van der Waals surface area (Å²) in [6.45, 7) is 0.457. The van der Waals surface area contributed by atoms with Crippen LogP contribution in [0.15, 0.2) is 6.33 Å². The van der Waals surface area contributed by atoms with Gasteiger partial charge in [-0.25, -0.2) is 4.98 Å². The first-order valence-electron chi connectivity index (χ1n) is 5.32. The number of hydrogen-bond acceptors (Lipinski definition) is 8. The summed E-state index contributed by atoms with van der Waals surface area (Å²) in [5.41, 5.74) is 12.2. The molecule has 1 saturated heterocycles. The first-order chi connectivity index (χ1) is 8.69. The highest BCUT2D eigenvalue weighted by molar-refractivity contribution is 8.00.